The molecule has 0 radical (unpaired) electrons. The van der Waals surface area contributed by atoms with E-state index in [0.717, 1.165) is 16.8 Å². The van der Waals surface area contributed by atoms with E-state index >= 15 is 0 Å². The molecule has 1 aromatic heterocycles. The van der Waals surface area contributed by atoms with E-state index in [-0.39, 0.29) is 12.3 Å². The number of hydrogen-bond donors (Lipinski definition) is 2. The molecule has 0 aliphatic rings. The van der Waals surface area contributed by atoms with Crippen LogP contribution in [0.2, 0.25) is 0 Å². The van der Waals surface area contributed by atoms with Crippen molar-refractivity contribution in [3.8, 4) is 0 Å². The Hall–Kier alpha value is -2.47. The van der Waals surface area contributed by atoms with Gasteiger partial charge in [-0.3, -0.25) is 9.59 Å². The molecule has 108 valence electrons. The van der Waals surface area contributed by atoms with E-state index in [9.17, 15) is 9.59 Å². The van der Waals surface area contributed by atoms with Crippen molar-refractivity contribution in [2.75, 3.05) is 5.32 Å². The standard InChI is InChI=1S/C15H14N2O3S/c1-10(18)16-15-17-13(9-21-15)7-6-11-2-4-12(5-3-11)8-14(19)20/h2-7,9H,8H2,1H3,(H,19,20)(H,16,17,18)/b7-6-. The first-order chi connectivity index (χ1) is 10.0. The molecule has 0 bridgehead atoms. The number of benzene rings is 1. The number of carbonyl (C=O) groups excluding carboxylic acids is 1. The molecule has 0 unspecified atom stereocenters. The molecule has 5 nitrogen and oxygen atoms in total. The number of carbonyl (C=O) groups is 2. The normalized spacial score (nSPS) is 10.7. The second-order valence-electron chi connectivity index (χ2n) is 4.40. The minimum atomic E-state index is -0.841. The van der Waals surface area contributed by atoms with Crippen molar-refractivity contribution >= 4 is 40.5 Å². The molecule has 2 N–H and O–H groups in total. The highest BCUT2D eigenvalue weighted by Gasteiger charge is 2.01. The van der Waals surface area contributed by atoms with Gasteiger partial charge in [0.25, 0.3) is 0 Å². The van der Waals surface area contributed by atoms with Gasteiger partial charge in [0.2, 0.25) is 5.91 Å². The Morgan fingerprint density at radius 2 is 2.00 bits per heavy atom. The molecule has 0 atom stereocenters. The predicted octanol–water partition coefficient (Wildman–Crippen LogP) is 2.90. The molecule has 21 heavy (non-hydrogen) atoms. The highest BCUT2D eigenvalue weighted by Crippen LogP contribution is 2.17. The Balaban J connectivity index is 2.01. The third-order valence-corrected chi connectivity index (χ3v) is 3.36. The summed E-state index contributed by atoms with van der Waals surface area (Å²) in [7, 11) is 0. The number of nitrogens with one attached hydrogen (secondary N) is 1. The lowest BCUT2D eigenvalue weighted by Crippen LogP contribution is -2.04. The average molecular weight is 302 g/mol. The van der Waals surface area contributed by atoms with E-state index in [1.165, 1.54) is 18.3 Å². The van der Waals surface area contributed by atoms with Crippen LogP contribution < -0.4 is 5.32 Å². The van der Waals surface area contributed by atoms with Crippen molar-refractivity contribution in [1.82, 2.24) is 4.98 Å². The van der Waals surface area contributed by atoms with Gasteiger partial charge in [-0.15, -0.1) is 11.3 Å². The van der Waals surface area contributed by atoms with Crippen LogP contribution in [0, 0.1) is 0 Å². The Kier molecular flexibility index (Phi) is 4.84. The third-order valence-electron chi connectivity index (χ3n) is 2.59. The zero-order chi connectivity index (χ0) is 15.2. The molecule has 6 heteroatoms. The van der Waals surface area contributed by atoms with E-state index < -0.39 is 5.97 Å². The molecule has 0 fully saturated rings. The number of thiazole rings is 1. The van der Waals surface area contributed by atoms with E-state index in [2.05, 4.69) is 10.3 Å². The average Bonchev–Trinajstić information content (AvgIpc) is 2.84. The molecule has 0 spiro atoms. The van der Waals surface area contributed by atoms with Gasteiger partial charge in [0.1, 0.15) is 0 Å². The van der Waals surface area contributed by atoms with Gasteiger partial charge in [-0.05, 0) is 17.2 Å². The molecule has 0 aliphatic carbocycles. The number of amides is 1. The van der Waals surface area contributed by atoms with E-state index in [0.29, 0.717) is 5.13 Å². The largest absolute Gasteiger partial charge is 0.481 e. The summed E-state index contributed by atoms with van der Waals surface area (Å²) in [6.45, 7) is 1.44. The number of carboxylic acid groups (broad SMARTS) is 1. The second-order valence-corrected chi connectivity index (χ2v) is 5.26. The van der Waals surface area contributed by atoms with Gasteiger partial charge in [-0.25, -0.2) is 4.98 Å². The lowest BCUT2D eigenvalue weighted by Gasteiger charge is -1.97. The van der Waals surface area contributed by atoms with Crippen molar-refractivity contribution in [2.24, 2.45) is 0 Å². The Labute approximate surface area is 126 Å². The Bertz CT molecular complexity index is 674. The van der Waals surface area contributed by atoms with Crippen LogP contribution >= 0.6 is 11.3 Å². The van der Waals surface area contributed by atoms with Crippen LogP contribution in [0.1, 0.15) is 23.7 Å². The fourth-order valence-corrected chi connectivity index (χ4v) is 2.40. The Morgan fingerprint density at radius 3 is 2.62 bits per heavy atom. The van der Waals surface area contributed by atoms with Crippen LogP contribution in [-0.2, 0) is 16.0 Å². The predicted molar refractivity (Wildman–Crippen MR) is 83.1 cm³/mol. The molecule has 1 heterocycles. The van der Waals surface area contributed by atoms with Crippen molar-refractivity contribution in [3.63, 3.8) is 0 Å². The highest BCUT2D eigenvalue weighted by molar-refractivity contribution is 7.14. The Morgan fingerprint density at radius 1 is 1.29 bits per heavy atom. The summed E-state index contributed by atoms with van der Waals surface area (Å²) in [4.78, 5) is 25.7. The maximum Gasteiger partial charge on any atom is 0.307 e. The smallest absolute Gasteiger partial charge is 0.307 e. The number of rotatable bonds is 5. The summed E-state index contributed by atoms with van der Waals surface area (Å²) in [5.74, 6) is -0.986. The molecule has 1 aromatic carbocycles. The van der Waals surface area contributed by atoms with Gasteiger partial charge >= 0.3 is 5.97 Å². The molecule has 0 aliphatic heterocycles. The van der Waals surface area contributed by atoms with Crippen LogP contribution in [0.4, 0.5) is 5.13 Å². The van der Waals surface area contributed by atoms with Gasteiger partial charge in [0, 0.05) is 12.3 Å². The van der Waals surface area contributed by atoms with Crippen molar-refractivity contribution in [1.29, 1.82) is 0 Å². The maximum absolute atomic E-state index is 10.9. The fourth-order valence-electron chi connectivity index (χ4n) is 1.67. The molecule has 0 saturated carbocycles. The summed E-state index contributed by atoms with van der Waals surface area (Å²) in [5, 5.41) is 13.7. The number of hydrogen-bond acceptors (Lipinski definition) is 4. The number of aromatic nitrogens is 1. The zero-order valence-electron chi connectivity index (χ0n) is 11.4. The molecule has 0 saturated heterocycles. The van der Waals surface area contributed by atoms with Crippen LogP contribution in [0.25, 0.3) is 12.2 Å². The fraction of sp³-hybridized carbons (Fsp3) is 0.133. The van der Waals surface area contributed by atoms with E-state index in [4.69, 9.17) is 5.11 Å². The van der Waals surface area contributed by atoms with Crippen LogP contribution in [-0.4, -0.2) is 22.0 Å². The molecule has 2 aromatic rings. The number of carboxylic acids is 1. The van der Waals surface area contributed by atoms with Crippen molar-refractivity contribution in [3.05, 3.63) is 46.5 Å². The van der Waals surface area contributed by atoms with Gasteiger partial charge < -0.3 is 10.4 Å². The first-order valence-electron chi connectivity index (χ1n) is 6.25. The molecule has 2 rings (SSSR count). The first-order valence-corrected chi connectivity index (χ1v) is 7.13. The highest BCUT2D eigenvalue weighted by atomic mass is 32.1. The van der Waals surface area contributed by atoms with Gasteiger partial charge in [-0.1, -0.05) is 30.3 Å². The molecule has 1 amide bonds. The topological polar surface area (TPSA) is 79.3 Å². The second kappa shape index (κ2) is 6.81. The maximum atomic E-state index is 10.9. The SMILES string of the molecule is CC(=O)Nc1nc(/C=C\c2ccc(CC(=O)O)cc2)cs1. The lowest BCUT2D eigenvalue weighted by molar-refractivity contribution is -0.136. The minimum Gasteiger partial charge on any atom is -0.481 e. The monoisotopic (exact) mass is 302 g/mol. The summed E-state index contributed by atoms with van der Waals surface area (Å²) in [5.41, 5.74) is 2.48. The summed E-state index contributed by atoms with van der Waals surface area (Å²) in [6, 6.07) is 7.29. The molecular weight excluding hydrogens is 288 g/mol. The van der Waals surface area contributed by atoms with E-state index in [1.807, 2.05) is 29.7 Å². The zero-order valence-corrected chi connectivity index (χ0v) is 12.2. The van der Waals surface area contributed by atoms with Crippen LogP contribution in [0.15, 0.2) is 29.6 Å². The van der Waals surface area contributed by atoms with Crippen LogP contribution in [0.3, 0.4) is 0 Å². The first kappa shape index (κ1) is 14.9. The third kappa shape index (κ3) is 4.85. The van der Waals surface area contributed by atoms with Gasteiger partial charge in [0.05, 0.1) is 12.1 Å². The minimum absolute atomic E-state index is 0.0240. The number of nitrogens with zero attached hydrogens (tertiary/aromatic N) is 1. The quantitative estimate of drug-likeness (QED) is 0.890. The summed E-state index contributed by atoms with van der Waals surface area (Å²) in [6.07, 6.45) is 3.75. The summed E-state index contributed by atoms with van der Waals surface area (Å²) < 4.78 is 0. The van der Waals surface area contributed by atoms with Crippen molar-refractivity contribution < 1.29 is 14.7 Å². The van der Waals surface area contributed by atoms with E-state index in [1.54, 1.807) is 12.1 Å². The molecular formula is C15H14N2O3S. The lowest BCUT2D eigenvalue weighted by atomic mass is 10.1. The van der Waals surface area contributed by atoms with Crippen molar-refractivity contribution in [2.45, 2.75) is 13.3 Å². The number of anilines is 1. The van der Waals surface area contributed by atoms with Gasteiger partial charge in [0.15, 0.2) is 5.13 Å². The summed E-state index contributed by atoms with van der Waals surface area (Å²) >= 11 is 1.36. The number of aliphatic carboxylic acids is 1. The van der Waals surface area contributed by atoms with Crippen LogP contribution in [0.5, 0.6) is 0 Å². The van der Waals surface area contributed by atoms with Gasteiger partial charge in [-0.2, -0.15) is 0 Å².